The zero-order valence-corrected chi connectivity index (χ0v) is 8.05. The molecule has 0 aromatic carbocycles. The molecule has 0 aliphatic heterocycles. The average Bonchev–Trinajstić information content (AvgIpc) is 2.01. The van der Waals surface area contributed by atoms with Gasteiger partial charge in [0.2, 0.25) is 0 Å². The van der Waals surface area contributed by atoms with Crippen molar-refractivity contribution < 1.29 is 4.79 Å². The van der Waals surface area contributed by atoms with Crippen LogP contribution in [0, 0.1) is 11.8 Å². The van der Waals surface area contributed by atoms with Gasteiger partial charge >= 0.3 is 0 Å². The average molecular weight is 166 g/mol. The molecule has 1 nitrogen and oxygen atoms in total. The number of hydrogen-bond acceptors (Lipinski definition) is 1. The van der Waals surface area contributed by atoms with Crippen molar-refractivity contribution >= 4 is 5.78 Å². The molecule has 0 amide bonds. The minimum atomic E-state index is 0.444. The Kier molecular flexibility index (Phi) is 3.51. The van der Waals surface area contributed by atoms with Crippen molar-refractivity contribution in [2.75, 3.05) is 0 Å². The molecule has 0 aromatic rings. The third-order valence-electron chi connectivity index (χ3n) is 2.29. The summed E-state index contributed by atoms with van der Waals surface area (Å²) in [5.41, 5.74) is 0. The first kappa shape index (κ1) is 9.50. The second-order valence-corrected chi connectivity index (χ2v) is 4.02. The van der Waals surface area contributed by atoms with Crippen molar-refractivity contribution in [3.63, 3.8) is 0 Å². The van der Waals surface area contributed by atoms with Gasteiger partial charge in [0.05, 0.1) is 0 Å². The van der Waals surface area contributed by atoms with Crippen molar-refractivity contribution in [1.29, 1.82) is 0 Å². The fourth-order valence-corrected chi connectivity index (χ4v) is 1.60. The Morgan fingerprint density at radius 1 is 1.50 bits per heavy atom. The monoisotopic (exact) mass is 166 g/mol. The maximum Gasteiger partial charge on any atom is 0.133 e. The number of allylic oxidation sites excluding steroid dienone is 2. The zero-order chi connectivity index (χ0) is 8.97. The molecule has 1 heteroatoms. The second-order valence-electron chi connectivity index (χ2n) is 4.02. The van der Waals surface area contributed by atoms with Crippen molar-refractivity contribution in [3.05, 3.63) is 12.2 Å². The van der Waals surface area contributed by atoms with Gasteiger partial charge in [0.15, 0.2) is 0 Å². The molecule has 0 spiro atoms. The zero-order valence-electron chi connectivity index (χ0n) is 8.05. The summed E-state index contributed by atoms with van der Waals surface area (Å²) in [5, 5.41) is 0. The van der Waals surface area contributed by atoms with E-state index in [1.807, 2.05) is 0 Å². The molecule has 68 valence electrons. The summed E-state index contributed by atoms with van der Waals surface area (Å²) in [7, 11) is 0. The quantitative estimate of drug-likeness (QED) is 0.576. The van der Waals surface area contributed by atoms with Gasteiger partial charge in [0.25, 0.3) is 0 Å². The van der Waals surface area contributed by atoms with E-state index in [1.165, 1.54) is 6.42 Å². The van der Waals surface area contributed by atoms with Crippen LogP contribution in [0.5, 0.6) is 0 Å². The lowest BCUT2D eigenvalue weighted by molar-refractivity contribution is -0.121. The molecule has 12 heavy (non-hydrogen) atoms. The number of Topliss-reactive ketones (excluding diaryl/α,β-unsaturated/α-hetero) is 1. The van der Waals surface area contributed by atoms with Crippen LogP contribution in [0.2, 0.25) is 0 Å². The maximum atomic E-state index is 11.1. The lowest BCUT2D eigenvalue weighted by Crippen LogP contribution is -2.12. The van der Waals surface area contributed by atoms with Crippen LogP contribution in [-0.4, -0.2) is 5.78 Å². The standard InChI is InChI=1S/C11H18O/c1-9(2)6-7-10-4-3-5-11(12)8-10/h6-7,9-10H,3-5,8H2,1-2H3/b7-6+. The van der Waals surface area contributed by atoms with Gasteiger partial charge in [0, 0.05) is 12.8 Å². The van der Waals surface area contributed by atoms with Crippen molar-refractivity contribution in [2.24, 2.45) is 11.8 Å². The minimum Gasteiger partial charge on any atom is -0.300 e. The summed E-state index contributed by atoms with van der Waals surface area (Å²) in [4.78, 5) is 11.1. The number of ketones is 1. The highest BCUT2D eigenvalue weighted by Crippen LogP contribution is 2.22. The molecule has 1 fully saturated rings. The molecule has 0 saturated heterocycles. The molecule has 1 aliphatic carbocycles. The van der Waals surface area contributed by atoms with E-state index in [9.17, 15) is 4.79 Å². The lowest BCUT2D eigenvalue weighted by atomic mass is 9.87. The van der Waals surface area contributed by atoms with E-state index >= 15 is 0 Å². The molecule has 0 heterocycles. The normalized spacial score (nSPS) is 25.6. The fourth-order valence-electron chi connectivity index (χ4n) is 1.60. The Labute approximate surface area is 74.9 Å². The number of hydrogen-bond donors (Lipinski definition) is 0. The minimum absolute atomic E-state index is 0.444. The third-order valence-corrected chi connectivity index (χ3v) is 2.29. The highest BCUT2D eigenvalue weighted by molar-refractivity contribution is 5.79. The van der Waals surface area contributed by atoms with E-state index in [0.717, 1.165) is 19.3 Å². The highest BCUT2D eigenvalue weighted by Gasteiger charge is 2.16. The van der Waals surface area contributed by atoms with Gasteiger partial charge in [-0.05, 0) is 24.7 Å². The predicted molar refractivity (Wildman–Crippen MR) is 50.9 cm³/mol. The molecule has 1 atom stereocenters. The van der Waals surface area contributed by atoms with Crippen LogP contribution in [0.3, 0.4) is 0 Å². The van der Waals surface area contributed by atoms with Crippen LogP contribution < -0.4 is 0 Å². The first-order valence-corrected chi connectivity index (χ1v) is 4.88. The molecule has 0 radical (unpaired) electrons. The first-order chi connectivity index (χ1) is 5.68. The third kappa shape index (κ3) is 3.21. The Bertz CT molecular complexity index is 179. The molecule has 0 bridgehead atoms. The highest BCUT2D eigenvalue weighted by atomic mass is 16.1. The van der Waals surface area contributed by atoms with Crippen molar-refractivity contribution in [1.82, 2.24) is 0 Å². The largest absolute Gasteiger partial charge is 0.300 e. The predicted octanol–water partition coefficient (Wildman–Crippen LogP) is 2.96. The molecular weight excluding hydrogens is 148 g/mol. The molecule has 1 aliphatic rings. The smallest absolute Gasteiger partial charge is 0.133 e. The van der Waals surface area contributed by atoms with Gasteiger partial charge in [-0.15, -0.1) is 0 Å². The Morgan fingerprint density at radius 2 is 2.25 bits per heavy atom. The molecule has 1 rings (SSSR count). The van der Waals surface area contributed by atoms with Gasteiger partial charge in [-0.2, -0.15) is 0 Å². The van der Waals surface area contributed by atoms with Crippen LogP contribution in [0.25, 0.3) is 0 Å². The van der Waals surface area contributed by atoms with Crippen LogP contribution >= 0.6 is 0 Å². The van der Waals surface area contributed by atoms with E-state index in [2.05, 4.69) is 26.0 Å². The second kappa shape index (κ2) is 4.44. The lowest BCUT2D eigenvalue weighted by Gasteiger charge is -2.17. The summed E-state index contributed by atoms with van der Waals surface area (Å²) in [6, 6.07) is 0. The van der Waals surface area contributed by atoms with Gasteiger partial charge in [0.1, 0.15) is 5.78 Å². The summed E-state index contributed by atoms with van der Waals surface area (Å²) < 4.78 is 0. The summed E-state index contributed by atoms with van der Waals surface area (Å²) in [6.45, 7) is 4.34. The first-order valence-electron chi connectivity index (χ1n) is 4.88. The maximum absolute atomic E-state index is 11.1. The van der Waals surface area contributed by atoms with E-state index < -0.39 is 0 Å². The topological polar surface area (TPSA) is 17.1 Å². The van der Waals surface area contributed by atoms with Gasteiger partial charge in [-0.25, -0.2) is 0 Å². The Hall–Kier alpha value is -0.590. The Balaban J connectivity index is 2.36. The van der Waals surface area contributed by atoms with Gasteiger partial charge in [-0.3, -0.25) is 4.79 Å². The summed E-state index contributed by atoms with van der Waals surface area (Å²) in [5.74, 6) is 1.59. The van der Waals surface area contributed by atoms with Gasteiger partial charge in [-0.1, -0.05) is 26.0 Å². The van der Waals surface area contributed by atoms with Crippen LogP contribution in [0.15, 0.2) is 12.2 Å². The van der Waals surface area contributed by atoms with Crippen LogP contribution in [0.1, 0.15) is 39.5 Å². The van der Waals surface area contributed by atoms with Crippen LogP contribution in [0.4, 0.5) is 0 Å². The molecule has 0 N–H and O–H groups in total. The van der Waals surface area contributed by atoms with E-state index in [1.54, 1.807) is 0 Å². The van der Waals surface area contributed by atoms with E-state index in [-0.39, 0.29) is 0 Å². The van der Waals surface area contributed by atoms with Crippen molar-refractivity contribution in [2.45, 2.75) is 39.5 Å². The Morgan fingerprint density at radius 3 is 2.83 bits per heavy atom. The number of rotatable bonds is 2. The summed E-state index contributed by atoms with van der Waals surface area (Å²) in [6.07, 6.45) is 8.32. The molecule has 1 unspecified atom stereocenters. The summed E-state index contributed by atoms with van der Waals surface area (Å²) >= 11 is 0. The van der Waals surface area contributed by atoms with E-state index in [0.29, 0.717) is 17.6 Å². The number of carbonyl (C=O) groups excluding carboxylic acids is 1. The van der Waals surface area contributed by atoms with Gasteiger partial charge < -0.3 is 0 Å². The molecular formula is C11H18O. The van der Waals surface area contributed by atoms with Crippen LogP contribution in [-0.2, 0) is 4.79 Å². The molecule has 0 aromatic heterocycles. The number of carbonyl (C=O) groups is 1. The van der Waals surface area contributed by atoms with E-state index in [4.69, 9.17) is 0 Å². The fraction of sp³-hybridized carbons (Fsp3) is 0.727. The molecule has 1 saturated carbocycles. The van der Waals surface area contributed by atoms with Crippen molar-refractivity contribution in [3.8, 4) is 0 Å². The SMILES string of the molecule is CC(C)/C=C/C1CCCC(=O)C1.